The van der Waals surface area contributed by atoms with E-state index in [0.717, 1.165) is 17.8 Å². The SMILES string of the molecule is Cc1ccc(-n2cnnc2SCC(=O)N2CCNC(c3cccc(Cl)c3)C2)cc1C. The highest BCUT2D eigenvalue weighted by atomic mass is 35.5. The summed E-state index contributed by atoms with van der Waals surface area (Å²) < 4.78 is 1.93. The van der Waals surface area contributed by atoms with Crippen LogP contribution in [0, 0.1) is 13.8 Å². The molecule has 0 aliphatic carbocycles. The van der Waals surface area contributed by atoms with Gasteiger partial charge < -0.3 is 10.2 Å². The van der Waals surface area contributed by atoms with E-state index < -0.39 is 0 Å². The van der Waals surface area contributed by atoms with Crippen LogP contribution in [0.2, 0.25) is 5.02 Å². The Balaban J connectivity index is 1.40. The number of thioether (sulfide) groups is 1. The highest BCUT2D eigenvalue weighted by Gasteiger charge is 2.25. The Labute approximate surface area is 185 Å². The zero-order chi connectivity index (χ0) is 21.1. The van der Waals surface area contributed by atoms with E-state index in [1.807, 2.05) is 39.8 Å². The Hall–Kier alpha value is -2.35. The van der Waals surface area contributed by atoms with Gasteiger partial charge in [0.15, 0.2) is 5.16 Å². The quantitative estimate of drug-likeness (QED) is 0.610. The zero-order valence-electron chi connectivity index (χ0n) is 17.0. The summed E-state index contributed by atoms with van der Waals surface area (Å²) in [6, 6.07) is 14.1. The lowest BCUT2D eigenvalue weighted by Gasteiger charge is -2.34. The minimum absolute atomic E-state index is 0.0885. The van der Waals surface area contributed by atoms with Crippen molar-refractivity contribution in [1.29, 1.82) is 0 Å². The Bertz CT molecular complexity index is 1050. The van der Waals surface area contributed by atoms with E-state index in [1.165, 1.54) is 22.9 Å². The maximum absolute atomic E-state index is 12.9. The van der Waals surface area contributed by atoms with Crippen molar-refractivity contribution in [2.45, 2.75) is 25.0 Å². The molecule has 1 N–H and O–H groups in total. The summed E-state index contributed by atoms with van der Waals surface area (Å²) in [5, 5.41) is 13.2. The van der Waals surface area contributed by atoms with Crippen LogP contribution in [0.1, 0.15) is 22.7 Å². The fourth-order valence-electron chi connectivity index (χ4n) is 3.52. The van der Waals surface area contributed by atoms with E-state index in [0.29, 0.717) is 29.0 Å². The van der Waals surface area contributed by atoms with Gasteiger partial charge in [-0.25, -0.2) is 0 Å². The number of carbonyl (C=O) groups is 1. The zero-order valence-corrected chi connectivity index (χ0v) is 18.6. The van der Waals surface area contributed by atoms with Crippen molar-refractivity contribution in [1.82, 2.24) is 25.0 Å². The van der Waals surface area contributed by atoms with Gasteiger partial charge in [0, 0.05) is 36.4 Å². The molecule has 2 aromatic carbocycles. The van der Waals surface area contributed by atoms with Crippen LogP contribution in [0.25, 0.3) is 5.69 Å². The van der Waals surface area contributed by atoms with Crippen LogP contribution in [0.5, 0.6) is 0 Å². The third-order valence-electron chi connectivity index (χ3n) is 5.39. The first-order chi connectivity index (χ1) is 14.5. The van der Waals surface area contributed by atoms with Gasteiger partial charge >= 0.3 is 0 Å². The molecule has 4 rings (SSSR count). The molecular formula is C22H24ClN5OS. The molecule has 156 valence electrons. The van der Waals surface area contributed by atoms with E-state index in [9.17, 15) is 4.79 Å². The van der Waals surface area contributed by atoms with Gasteiger partial charge in [-0.2, -0.15) is 0 Å². The number of aryl methyl sites for hydroxylation is 2. The first-order valence-electron chi connectivity index (χ1n) is 9.88. The van der Waals surface area contributed by atoms with Gasteiger partial charge in [0.25, 0.3) is 0 Å². The van der Waals surface area contributed by atoms with Gasteiger partial charge in [-0.1, -0.05) is 41.6 Å². The van der Waals surface area contributed by atoms with E-state index in [1.54, 1.807) is 6.33 Å². The van der Waals surface area contributed by atoms with Gasteiger partial charge in [-0.15, -0.1) is 10.2 Å². The number of rotatable bonds is 5. The van der Waals surface area contributed by atoms with Crippen LogP contribution in [0.15, 0.2) is 53.9 Å². The van der Waals surface area contributed by atoms with Crippen molar-refractivity contribution >= 4 is 29.3 Å². The summed E-state index contributed by atoms with van der Waals surface area (Å²) in [6.45, 7) is 6.25. The molecular weight excluding hydrogens is 418 g/mol. The smallest absolute Gasteiger partial charge is 0.233 e. The Kier molecular flexibility index (Phi) is 6.41. The summed E-state index contributed by atoms with van der Waals surface area (Å²) in [4.78, 5) is 14.8. The number of amides is 1. The number of aromatic nitrogens is 3. The minimum Gasteiger partial charge on any atom is -0.339 e. The molecule has 2 heterocycles. The minimum atomic E-state index is 0.0885. The molecule has 0 bridgehead atoms. The van der Waals surface area contributed by atoms with Crippen LogP contribution >= 0.6 is 23.4 Å². The van der Waals surface area contributed by atoms with Gasteiger partial charge in [0.1, 0.15) is 6.33 Å². The summed E-state index contributed by atoms with van der Waals surface area (Å²) >= 11 is 7.54. The second kappa shape index (κ2) is 9.20. The number of hydrogen-bond donors (Lipinski definition) is 1. The summed E-state index contributed by atoms with van der Waals surface area (Å²) in [6.07, 6.45) is 1.69. The fourth-order valence-corrected chi connectivity index (χ4v) is 4.55. The fraction of sp³-hybridized carbons (Fsp3) is 0.318. The van der Waals surface area contributed by atoms with Crippen LogP contribution in [-0.4, -0.2) is 51.0 Å². The molecule has 1 saturated heterocycles. The summed E-state index contributed by atoms with van der Waals surface area (Å²) in [7, 11) is 0. The Morgan fingerprint density at radius 2 is 2.10 bits per heavy atom. The molecule has 1 atom stereocenters. The summed E-state index contributed by atoms with van der Waals surface area (Å²) in [5.41, 5.74) is 4.55. The van der Waals surface area contributed by atoms with Crippen molar-refractivity contribution in [3.8, 4) is 5.69 Å². The van der Waals surface area contributed by atoms with Gasteiger partial charge in [0.05, 0.1) is 5.75 Å². The molecule has 3 aromatic rings. The molecule has 0 radical (unpaired) electrons. The van der Waals surface area contributed by atoms with Crippen molar-refractivity contribution in [2.75, 3.05) is 25.4 Å². The predicted molar refractivity (Wildman–Crippen MR) is 120 cm³/mol. The number of benzene rings is 2. The molecule has 6 nitrogen and oxygen atoms in total. The number of nitrogens with one attached hydrogen (secondary N) is 1. The highest BCUT2D eigenvalue weighted by molar-refractivity contribution is 7.99. The third kappa shape index (κ3) is 4.69. The molecule has 30 heavy (non-hydrogen) atoms. The lowest BCUT2D eigenvalue weighted by Crippen LogP contribution is -2.48. The predicted octanol–water partition coefficient (Wildman–Crippen LogP) is 3.80. The van der Waals surface area contributed by atoms with Gasteiger partial charge in [0.2, 0.25) is 5.91 Å². The van der Waals surface area contributed by atoms with Gasteiger partial charge in [-0.05, 0) is 54.8 Å². The number of nitrogens with zero attached hydrogens (tertiary/aromatic N) is 4. The van der Waals surface area contributed by atoms with Crippen LogP contribution in [-0.2, 0) is 4.79 Å². The lowest BCUT2D eigenvalue weighted by molar-refractivity contribution is -0.129. The topological polar surface area (TPSA) is 63.1 Å². The Morgan fingerprint density at radius 3 is 2.90 bits per heavy atom. The molecule has 1 aromatic heterocycles. The first-order valence-corrected chi connectivity index (χ1v) is 11.2. The van der Waals surface area contributed by atoms with Crippen LogP contribution < -0.4 is 5.32 Å². The number of halogens is 1. The Morgan fingerprint density at radius 1 is 1.23 bits per heavy atom. The molecule has 1 amide bonds. The van der Waals surface area contributed by atoms with E-state index in [4.69, 9.17) is 11.6 Å². The largest absolute Gasteiger partial charge is 0.339 e. The second-order valence-corrected chi connectivity index (χ2v) is 8.82. The average molecular weight is 442 g/mol. The van der Waals surface area contributed by atoms with Gasteiger partial charge in [-0.3, -0.25) is 9.36 Å². The standard InChI is InChI=1S/C22H24ClN5OS/c1-15-6-7-19(10-16(15)2)28-14-25-26-22(28)30-13-21(29)27-9-8-24-20(12-27)17-4-3-5-18(23)11-17/h3-7,10-11,14,20,24H,8-9,12-13H2,1-2H3. The molecule has 1 fully saturated rings. The molecule has 1 aliphatic heterocycles. The average Bonchev–Trinajstić information content (AvgIpc) is 3.23. The molecule has 0 spiro atoms. The summed E-state index contributed by atoms with van der Waals surface area (Å²) in [5.74, 6) is 0.425. The van der Waals surface area contributed by atoms with E-state index >= 15 is 0 Å². The van der Waals surface area contributed by atoms with Crippen molar-refractivity contribution in [2.24, 2.45) is 0 Å². The van der Waals surface area contributed by atoms with Crippen molar-refractivity contribution < 1.29 is 4.79 Å². The normalized spacial score (nSPS) is 16.6. The number of hydrogen-bond acceptors (Lipinski definition) is 5. The molecule has 8 heteroatoms. The van der Waals surface area contributed by atoms with E-state index in [2.05, 4.69) is 41.5 Å². The van der Waals surface area contributed by atoms with Crippen LogP contribution in [0.3, 0.4) is 0 Å². The monoisotopic (exact) mass is 441 g/mol. The molecule has 0 saturated carbocycles. The molecule has 1 aliphatic rings. The second-order valence-electron chi connectivity index (χ2n) is 7.44. The highest BCUT2D eigenvalue weighted by Crippen LogP contribution is 2.24. The lowest BCUT2D eigenvalue weighted by atomic mass is 10.0. The van der Waals surface area contributed by atoms with Crippen molar-refractivity contribution in [3.63, 3.8) is 0 Å². The molecule has 1 unspecified atom stereocenters. The maximum atomic E-state index is 12.9. The van der Waals surface area contributed by atoms with Crippen molar-refractivity contribution in [3.05, 3.63) is 70.5 Å². The number of piperazine rings is 1. The first kappa shape index (κ1) is 20.9. The third-order valence-corrected chi connectivity index (χ3v) is 6.55. The van der Waals surface area contributed by atoms with E-state index in [-0.39, 0.29) is 11.9 Å². The van der Waals surface area contributed by atoms with Crippen LogP contribution in [0.4, 0.5) is 0 Å². The number of carbonyl (C=O) groups excluding carboxylic acids is 1. The maximum Gasteiger partial charge on any atom is 0.233 e.